The Morgan fingerprint density at radius 3 is 2.33 bits per heavy atom. The molecule has 2 aromatic rings. The highest BCUT2D eigenvalue weighted by Crippen LogP contribution is 2.37. The van der Waals surface area contributed by atoms with Crippen LogP contribution in [0.1, 0.15) is 24.5 Å². The summed E-state index contributed by atoms with van der Waals surface area (Å²) in [4.78, 5) is 15.9. The predicted molar refractivity (Wildman–Crippen MR) is 81.0 cm³/mol. The molecule has 0 spiro atoms. The SMILES string of the molecule is CC1(CC(=O)O)NOc2ccccc21.Cc1ccccc1. The molecule has 1 heterocycles. The summed E-state index contributed by atoms with van der Waals surface area (Å²) in [5.74, 6) is -0.142. The number of para-hydroxylation sites is 1. The van der Waals surface area contributed by atoms with Crippen molar-refractivity contribution in [3.05, 3.63) is 65.7 Å². The van der Waals surface area contributed by atoms with Gasteiger partial charge in [0.25, 0.3) is 0 Å². The average molecular weight is 285 g/mol. The van der Waals surface area contributed by atoms with E-state index in [2.05, 4.69) is 24.5 Å². The number of rotatable bonds is 2. The van der Waals surface area contributed by atoms with Gasteiger partial charge in [-0.25, -0.2) is 0 Å². The number of nitrogens with one attached hydrogen (secondary N) is 1. The summed E-state index contributed by atoms with van der Waals surface area (Å²) in [6, 6.07) is 17.7. The van der Waals surface area contributed by atoms with Gasteiger partial charge in [-0.15, -0.1) is 5.48 Å². The van der Waals surface area contributed by atoms with E-state index in [1.54, 1.807) is 0 Å². The lowest BCUT2D eigenvalue weighted by Gasteiger charge is -2.20. The summed E-state index contributed by atoms with van der Waals surface area (Å²) in [5.41, 5.74) is 4.34. The smallest absolute Gasteiger partial charge is 0.305 e. The van der Waals surface area contributed by atoms with Crippen molar-refractivity contribution in [3.8, 4) is 5.75 Å². The number of hydrogen-bond acceptors (Lipinski definition) is 3. The number of benzene rings is 2. The van der Waals surface area contributed by atoms with Crippen LogP contribution in [0.3, 0.4) is 0 Å². The van der Waals surface area contributed by atoms with Crippen LogP contribution in [0, 0.1) is 6.92 Å². The van der Waals surface area contributed by atoms with Crippen LogP contribution in [0.2, 0.25) is 0 Å². The Kier molecular flexibility index (Phi) is 4.60. The molecule has 0 aliphatic carbocycles. The molecule has 0 radical (unpaired) electrons. The zero-order valence-electron chi connectivity index (χ0n) is 12.2. The summed E-state index contributed by atoms with van der Waals surface area (Å²) in [5, 5.41) is 8.77. The molecule has 1 unspecified atom stereocenters. The fourth-order valence-corrected chi connectivity index (χ4v) is 2.20. The van der Waals surface area contributed by atoms with Gasteiger partial charge in [-0.1, -0.05) is 54.1 Å². The van der Waals surface area contributed by atoms with Crippen molar-refractivity contribution in [1.29, 1.82) is 0 Å². The minimum Gasteiger partial charge on any atom is -0.481 e. The van der Waals surface area contributed by atoms with Gasteiger partial charge in [0.05, 0.1) is 12.0 Å². The number of carbonyl (C=O) groups is 1. The second-order valence-corrected chi connectivity index (χ2v) is 5.26. The van der Waals surface area contributed by atoms with Gasteiger partial charge in [0.2, 0.25) is 0 Å². The Morgan fingerprint density at radius 1 is 1.14 bits per heavy atom. The van der Waals surface area contributed by atoms with Gasteiger partial charge in [-0.3, -0.25) is 4.79 Å². The number of aryl methyl sites for hydroxylation is 1. The van der Waals surface area contributed by atoms with Crippen molar-refractivity contribution >= 4 is 5.97 Å². The van der Waals surface area contributed by atoms with Crippen molar-refractivity contribution in [3.63, 3.8) is 0 Å². The maximum atomic E-state index is 10.7. The van der Waals surface area contributed by atoms with Crippen molar-refractivity contribution in [2.24, 2.45) is 0 Å². The molecular weight excluding hydrogens is 266 g/mol. The normalized spacial score (nSPS) is 19.0. The van der Waals surface area contributed by atoms with Gasteiger partial charge >= 0.3 is 5.97 Å². The molecule has 4 heteroatoms. The van der Waals surface area contributed by atoms with Crippen molar-refractivity contribution in [1.82, 2.24) is 5.48 Å². The lowest BCUT2D eigenvalue weighted by molar-refractivity contribution is -0.139. The summed E-state index contributed by atoms with van der Waals surface area (Å²) < 4.78 is 0. The average Bonchev–Trinajstić information content (AvgIpc) is 2.78. The zero-order chi connectivity index (χ0) is 15.3. The second kappa shape index (κ2) is 6.41. The molecule has 2 aromatic carbocycles. The van der Waals surface area contributed by atoms with Crippen LogP contribution in [-0.2, 0) is 10.3 Å². The molecule has 2 N–H and O–H groups in total. The highest BCUT2D eigenvalue weighted by atomic mass is 16.7. The molecule has 0 aromatic heterocycles. The molecule has 0 bridgehead atoms. The Balaban J connectivity index is 0.000000194. The lowest BCUT2D eigenvalue weighted by Crippen LogP contribution is -2.37. The third kappa shape index (κ3) is 3.83. The van der Waals surface area contributed by atoms with Crippen LogP contribution in [0.5, 0.6) is 5.75 Å². The van der Waals surface area contributed by atoms with Crippen LogP contribution >= 0.6 is 0 Å². The van der Waals surface area contributed by atoms with Gasteiger partial charge < -0.3 is 9.94 Å². The maximum Gasteiger partial charge on any atom is 0.305 e. The molecule has 0 saturated carbocycles. The van der Waals surface area contributed by atoms with E-state index in [0.717, 1.165) is 5.56 Å². The first kappa shape index (κ1) is 15.1. The fourth-order valence-electron chi connectivity index (χ4n) is 2.20. The summed E-state index contributed by atoms with van der Waals surface area (Å²) >= 11 is 0. The third-order valence-corrected chi connectivity index (χ3v) is 3.31. The van der Waals surface area contributed by atoms with Gasteiger partial charge in [0.1, 0.15) is 0 Å². The first-order valence-corrected chi connectivity index (χ1v) is 6.78. The van der Waals surface area contributed by atoms with Crippen LogP contribution in [0.15, 0.2) is 54.6 Å². The minimum absolute atomic E-state index is 0.00398. The molecule has 4 nitrogen and oxygen atoms in total. The van der Waals surface area contributed by atoms with Crippen molar-refractivity contribution in [2.75, 3.05) is 0 Å². The van der Waals surface area contributed by atoms with E-state index in [4.69, 9.17) is 9.94 Å². The largest absolute Gasteiger partial charge is 0.481 e. The highest BCUT2D eigenvalue weighted by Gasteiger charge is 2.37. The van der Waals surface area contributed by atoms with Gasteiger partial charge in [-0.2, -0.15) is 0 Å². The lowest BCUT2D eigenvalue weighted by atomic mass is 9.90. The van der Waals surface area contributed by atoms with Crippen molar-refractivity contribution < 1.29 is 14.7 Å². The first-order valence-electron chi connectivity index (χ1n) is 6.78. The molecule has 1 aliphatic heterocycles. The molecule has 1 aliphatic rings. The molecule has 3 rings (SSSR count). The summed E-state index contributed by atoms with van der Waals surface area (Å²) in [7, 11) is 0. The highest BCUT2D eigenvalue weighted by molar-refractivity contribution is 5.69. The molecule has 1 atom stereocenters. The van der Waals surface area contributed by atoms with E-state index < -0.39 is 11.5 Å². The van der Waals surface area contributed by atoms with Gasteiger partial charge in [0.15, 0.2) is 5.75 Å². The maximum absolute atomic E-state index is 10.7. The van der Waals surface area contributed by atoms with E-state index in [9.17, 15) is 4.79 Å². The number of carboxylic acids is 1. The van der Waals surface area contributed by atoms with E-state index >= 15 is 0 Å². The van der Waals surface area contributed by atoms with E-state index in [0.29, 0.717) is 5.75 Å². The van der Waals surface area contributed by atoms with Crippen LogP contribution < -0.4 is 10.3 Å². The molecule has 0 amide bonds. The zero-order valence-corrected chi connectivity index (χ0v) is 12.2. The van der Waals surface area contributed by atoms with E-state index in [-0.39, 0.29) is 6.42 Å². The Labute approximate surface area is 124 Å². The Morgan fingerprint density at radius 2 is 1.76 bits per heavy atom. The van der Waals surface area contributed by atoms with Gasteiger partial charge in [0, 0.05) is 5.56 Å². The Hall–Kier alpha value is -2.33. The van der Waals surface area contributed by atoms with E-state index in [1.165, 1.54) is 5.56 Å². The quantitative estimate of drug-likeness (QED) is 0.889. The number of hydroxylamine groups is 1. The van der Waals surface area contributed by atoms with Crippen molar-refractivity contribution in [2.45, 2.75) is 25.8 Å². The first-order chi connectivity index (χ1) is 10.0. The topological polar surface area (TPSA) is 58.6 Å². The van der Waals surface area contributed by atoms with Gasteiger partial charge in [-0.05, 0) is 19.9 Å². The van der Waals surface area contributed by atoms with Crippen LogP contribution in [0.25, 0.3) is 0 Å². The Bertz CT molecular complexity index is 612. The molecular formula is C17H19NO3. The standard InChI is InChI=1S/C10H11NO3.C7H8/c1-10(6-9(12)13)7-4-2-3-5-8(7)14-11-10;1-7-5-3-2-4-6-7/h2-5,11H,6H2,1H3,(H,12,13);2-6H,1H3. The fraction of sp³-hybridized carbons (Fsp3) is 0.235. The predicted octanol–water partition coefficient (Wildman–Crippen LogP) is 3.27. The molecule has 0 fully saturated rings. The third-order valence-electron chi connectivity index (χ3n) is 3.31. The van der Waals surface area contributed by atoms with Crippen LogP contribution in [-0.4, -0.2) is 11.1 Å². The number of aliphatic carboxylic acids is 1. The second-order valence-electron chi connectivity index (χ2n) is 5.26. The number of carboxylic acid groups (broad SMARTS) is 1. The monoisotopic (exact) mass is 285 g/mol. The number of fused-ring (bicyclic) bond motifs is 1. The molecule has 0 saturated heterocycles. The van der Waals surface area contributed by atoms with Crippen LogP contribution in [0.4, 0.5) is 0 Å². The van der Waals surface area contributed by atoms with E-state index in [1.807, 2.05) is 49.4 Å². The summed E-state index contributed by atoms with van der Waals surface area (Å²) in [6.45, 7) is 3.90. The molecule has 21 heavy (non-hydrogen) atoms. The number of hydrogen-bond donors (Lipinski definition) is 2. The summed E-state index contributed by atoms with van der Waals surface area (Å²) in [6.07, 6.45) is 0.00398. The molecule has 110 valence electrons. The minimum atomic E-state index is -0.847.